The van der Waals surface area contributed by atoms with Crippen LogP contribution in [-0.4, -0.2) is 22.4 Å². The molecule has 138 valence electrons. The number of phenolic OH excluding ortho intramolecular Hbond substituents is 1. The summed E-state index contributed by atoms with van der Waals surface area (Å²) in [6, 6.07) is 3.74. The number of rotatable bonds is 5. The van der Waals surface area contributed by atoms with E-state index >= 15 is 0 Å². The van der Waals surface area contributed by atoms with E-state index in [1.165, 1.54) is 0 Å². The van der Waals surface area contributed by atoms with Crippen LogP contribution in [-0.2, 0) is 24.7 Å². The zero-order chi connectivity index (χ0) is 19.6. The van der Waals surface area contributed by atoms with Crippen molar-refractivity contribution in [3.8, 4) is 5.75 Å². The minimum absolute atomic E-state index is 0.260. The molecule has 1 aromatic carbocycles. The standard InChI is InChI=1S/C19H27O5P/c1-12(16(20)11-24-25(22)23)8-13-9-14(18(2,3)4)17(21)15(10-13)19(5,6)7/h8-10H,11H2,1-7H3,(H-,20,21,22,23)/p+1. The normalized spacial score (nSPS) is 13.8. The lowest BCUT2D eigenvalue weighted by molar-refractivity contribution is -0.117. The molecule has 0 aromatic heterocycles. The maximum atomic E-state index is 12.0. The lowest BCUT2D eigenvalue weighted by Gasteiger charge is -2.28. The van der Waals surface area contributed by atoms with E-state index < -0.39 is 14.9 Å². The van der Waals surface area contributed by atoms with Crippen LogP contribution in [0.3, 0.4) is 0 Å². The Balaban J connectivity index is 3.38. The molecule has 6 heteroatoms. The summed E-state index contributed by atoms with van der Waals surface area (Å²) < 4.78 is 15.0. The van der Waals surface area contributed by atoms with Crippen molar-refractivity contribution >= 4 is 20.1 Å². The predicted octanol–water partition coefficient (Wildman–Crippen LogP) is 4.63. The molecule has 1 unspecified atom stereocenters. The van der Waals surface area contributed by atoms with Gasteiger partial charge in [0.2, 0.25) is 0 Å². The fraction of sp³-hybridized carbons (Fsp3) is 0.526. The van der Waals surface area contributed by atoms with Crippen molar-refractivity contribution in [1.29, 1.82) is 0 Å². The van der Waals surface area contributed by atoms with Crippen LogP contribution in [0.4, 0.5) is 0 Å². The quantitative estimate of drug-likeness (QED) is 0.586. The molecule has 1 rings (SSSR count). The summed E-state index contributed by atoms with van der Waals surface area (Å²) in [5, 5.41) is 10.7. The highest BCUT2D eigenvalue weighted by atomic mass is 31.1. The highest BCUT2D eigenvalue weighted by molar-refractivity contribution is 7.32. The monoisotopic (exact) mass is 367 g/mol. The summed E-state index contributed by atoms with van der Waals surface area (Å²) in [4.78, 5) is 20.6. The number of benzene rings is 1. The van der Waals surface area contributed by atoms with Crippen LogP contribution < -0.4 is 0 Å². The Morgan fingerprint density at radius 2 is 1.56 bits per heavy atom. The minimum Gasteiger partial charge on any atom is -0.507 e. The smallest absolute Gasteiger partial charge is 0.507 e. The molecule has 0 fully saturated rings. The van der Waals surface area contributed by atoms with Gasteiger partial charge in [-0.3, -0.25) is 4.79 Å². The average molecular weight is 367 g/mol. The summed E-state index contributed by atoms with van der Waals surface area (Å²) in [7, 11) is -2.79. The molecule has 0 aliphatic carbocycles. The van der Waals surface area contributed by atoms with Crippen LogP contribution in [0, 0.1) is 0 Å². The third-order valence-electron chi connectivity index (χ3n) is 3.88. The molecule has 1 aromatic rings. The van der Waals surface area contributed by atoms with E-state index in [4.69, 9.17) is 4.89 Å². The van der Waals surface area contributed by atoms with Gasteiger partial charge in [-0.25, -0.2) is 0 Å². The summed E-state index contributed by atoms with van der Waals surface area (Å²) in [6.45, 7) is 13.3. The first kappa shape index (κ1) is 21.5. The number of Topliss-reactive ketones (excluding diaryl/α,β-unsaturated/α-hetero) is 1. The van der Waals surface area contributed by atoms with Gasteiger partial charge in [0.25, 0.3) is 0 Å². The molecule has 0 bridgehead atoms. The summed E-state index contributed by atoms with van der Waals surface area (Å²) in [5.74, 6) is -0.0816. The Hall–Kier alpha value is -1.55. The van der Waals surface area contributed by atoms with Gasteiger partial charge in [0.15, 0.2) is 12.4 Å². The number of phenols is 1. The van der Waals surface area contributed by atoms with Crippen molar-refractivity contribution in [2.24, 2.45) is 0 Å². The minimum atomic E-state index is -2.79. The van der Waals surface area contributed by atoms with Gasteiger partial charge in [0.1, 0.15) is 5.75 Å². The zero-order valence-corrected chi connectivity index (χ0v) is 16.9. The Bertz CT molecular complexity index is 671. The Kier molecular flexibility index (Phi) is 6.68. The molecular weight excluding hydrogens is 339 g/mol. The summed E-state index contributed by atoms with van der Waals surface area (Å²) >= 11 is 0. The second-order valence-corrected chi connectivity index (χ2v) is 8.96. The van der Waals surface area contributed by atoms with Gasteiger partial charge < -0.3 is 5.11 Å². The fourth-order valence-electron chi connectivity index (χ4n) is 2.44. The number of hydrogen-bond acceptors (Lipinski definition) is 4. The van der Waals surface area contributed by atoms with Crippen molar-refractivity contribution in [2.45, 2.75) is 59.3 Å². The molecule has 0 amide bonds. The van der Waals surface area contributed by atoms with Gasteiger partial charge in [-0.1, -0.05) is 41.5 Å². The molecular formula is C19H28O5P+. The molecule has 0 aliphatic heterocycles. The Labute approximate surface area is 150 Å². The summed E-state index contributed by atoms with van der Waals surface area (Å²) in [6.07, 6.45) is 1.71. The molecule has 5 nitrogen and oxygen atoms in total. The number of hydrogen-bond donors (Lipinski definition) is 2. The second kappa shape index (κ2) is 7.77. The van der Waals surface area contributed by atoms with Crippen LogP contribution >= 0.6 is 8.25 Å². The largest absolute Gasteiger partial charge is 0.695 e. The molecule has 0 saturated carbocycles. The van der Waals surface area contributed by atoms with E-state index in [-0.39, 0.29) is 22.4 Å². The van der Waals surface area contributed by atoms with Crippen LogP contribution in [0.5, 0.6) is 5.75 Å². The molecule has 25 heavy (non-hydrogen) atoms. The van der Waals surface area contributed by atoms with Crippen molar-refractivity contribution in [1.82, 2.24) is 0 Å². The molecule has 0 aliphatic rings. The number of ketones is 1. The van der Waals surface area contributed by atoms with Crippen LogP contribution in [0.25, 0.3) is 6.08 Å². The van der Waals surface area contributed by atoms with Crippen LogP contribution in [0.15, 0.2) is 17.7 Å². The topological polar surface area (TPSA) is 83.8 Å². The van der Waals surface area contributed by atoms with E-state index in [0.717, 1.165) is 16.7 Å². The zero-order valence-electron chi connectivity index (χ0n) is 16.0. The van der Waals surface area contributed by atoms with E-state index in [9.17, 15) is 14.5 Å². The van der Waals surface area contributed by atoms with Crippen molar-refractivity contribution in [3.05, 3.63) is 34.4 Å². The summed E-state index contributed by atoms with van der Waals surface area (Å²) in [5.41, 5.74) is 2.31. The third-order valence-corrected chi connectivity index (χ3v) is 4.23. The number of carbonyl (C=O) groups is 1. The predicted molar refractivity (Wildman–Crippen MR) is 99.9 cm³/mol. The van der Waals surface area contributed by atoms with Gasteiger partial charge in [-0.15, -0.1) is 9.42 Å². The van der Waals surface area contributed by atoms with E-state index in [1.54, 1.807) is 13.0 Å². The maximum Gasteiger partial charge on any atom is 0.695 e. The van der Waals surface area contributed by atoms with Crippen LogP contribution in [0.1, 0.15) is 65.2 Å². The van der Waals surface area contributed by atoms with Gasteiger partial charge in [0, 0.05) is 15.7 Å². The van der Waals surface area contributed by atoms with E-state index in [0.29, 0.717) is 5.57 Å². The molecule has 2 N–H and O–H groups in total. The van der Waals surface area contributed by atoms with Crippen molar-refractivity contribution in [3.63, 3.8) is 0 Å². The lowest BCUT2D eigenvalue weighted by atomic mass is 9.78. The molecule has 1 atom stereocenters. The molecule has 0 spiro atoms. The van der Waals surface area contributed by atoms with Gasteiger partial charge in [0.05, 0.1) is 0 Å². The SMILES string of the molecule is C/C(=C\c1cc(C(C)(C)C)c(O)c(C(C)(C)C)c1)C(=O)CO[P+](=O)O. The van der Waals surface area contributed by atoms with E-state index in [1.807, 2.05) is 53.7 Å². The highest BCUT2D eigenvalue weighted by Gasteiger charge is 2.26. The first-order valence-corrected chi connectivity index (χ1v) is 9.25. The third kappa shape index (κ3) is 6.03. The van der Waals surface area contributed by atoms with Gasteiger partial charge >= 0.3 is 8.25 Å². The Morgan fingerprint density at radius 1 is 1.12 bits per heavy atom. The average Bonchev–Trinajstić information content (AvgIpc) is 2.43. The molecule has 0 radical (unpaired) electrons. The second-order valence-electron chi connectivity index (χ2n) is 8.23. The first-order valence-electron chi connectivity index (χ1n) is 8.12. The fourth-order valence-corrected chi connectivity index (χ4v) is 2.67. The van der Waals surface area contributed by atoms with E-state index in [2.05, 4.69) is 4.52 Å². The van der Waals surface area contributed by atoms with Crippen molar-refractivity contribution < 1.29 is 23.9 Å². The van der Waals surface area contributed by atoms with Gasteiger partial charge in [-0.2, -0.15) is 0 Å². The number of carbonyl (C=O) groups excluding carboxylic acids is 1. The highest BCUT2D eigenvalue weighted by Crippen LogP contribution is 2.40. The lowest BCUT2D eigenvalue weighted by Crippen LogP contribution is -2.17. The first-order chi connectivity index (χ1) is 11.2. The van der Waals surface area contributed by atoms with Crippen LogP contribution in [0.2, 0.25) is 0 Å². The van der Waals surface area contributed by atoms with Crippen molar-refractivity contribution in [2.75, 3.05) is 6.61 Å². The van der Waals surface area contributed by atoms with Gasteiger partial charge in [-0.05, 0) is 47.1 Å². The molecule has 0 saturated heterocycles. The number of aromatic hydroxyl groups is 1. The molecule has 0 heterocycles. The Morgan fingerprint density at radius 3 is 1.92 bits per heavy atom. The maximum absolute atomic E-state index is 12.0.